The second kappa shape index (κ2) is 4.61. The van der Waals surface area contributed by atoms with E-state index in [1.807, 2.05) is 16.7 Å². The van der Waals surface area contributed by atoms with Gasteiger partial charge in [0.15, 0.2) is 0 Å². The first-order valence-electron chi connectivity index (χ1n) is 7.28. The fourth-order valence-corrected chi connectivity index (χ4v) is 3.51. The van der Waals surface area contributed by atoms with Crippen LogP contribution < -0.4 is 5.32 Å². The van der Waals surface area contributed by atoms with Gasteiger partial charge < -0.3 is 14.6 Å². The lowest BCUT2D eigenvalue weighted by Crippen LogP contribution is -2.43. The highest BCUT2D eigenvalue weighted by Crippen LogP contribution is 2.27. The number of aromatic nitrogens is 1. The van der Waals surface area contributed by atoms with Crippen LogP contribution in [0, 0.1) is 17.2 Å². The van der Waals surface area contributed by atoms with E-state index in [0.29, 0.717) is 17.0 Å². The molecule has 106 valence electrons. The maximum absolute atomic E-state index is 12.4. The van der Waals surface area contributed by atoms with Crippen LogP contribution in [0.4, 0.5) is 0 Å². The van der Waals surface area contributed by atoms with Crippen molar-refractivity contribution in [1.29, 1.82) is 5.26 Å². The Morgan fingerprint density at radius 2 is 2.29 bits per heavy atom. The van der Waals surface area contributed by atoms with Crippen molar-refractivity contribution in [2.75, 3.05) is 19.6 Å². The number of pyridine rings is 1. The van der Waals surface area contributed by atoms with Crippen LogP contribution in [0.1, 0.15) is 22.3 Å². The zero-order valence-corrected chi connectivity index (χ0v) is 11.6. The van der Waals surface area contributed by atoms with Crippen LogP contribution in [0.2, 0.25) is 0 Å². The number of amides is 1. The first-order valence-corrected chi connectivity index (χ1v) is 7.28. The summed E-state index contributed by atoms with van der Waals surface area (Å²) in [7, 11) is 0. The summed E-state index contributed by atoms with van der Waals surface area (Å²) >= 11 is 0. The van der Waals surface area contributed by atoms with Gasteiger partial charge in [0.25, 0.3) is 5.91 Å². The molecular weight excluding hydrogens is 264 g/mol. The Hall–Kier alpha value is -2.32. The molecule has 3 atom stereocenters. The molecule has 4 rings (SSSR count). The summed E-state index contributed by atoms with van der Waals surface area (Å²) in [5, 5.41) is 12.1. The van der Waals surface area contributed by atoms with Gasteiger partial charge in [0.05, 0.1) is 5.56 Å². The van der Waals surface area contributed by atoms with Crippen molar-refractivity contribution in [3.8, 4) is 6.07 Å². The maximum atomic E-state index is 12.4. The Kier molecular flexibility index (Phi) is 2.72. The van der Waals surface area contributed by atoms with Gasteiger partial charge in [-0.2, -0.15) is 5.26 Å². The minimum absolute atomic E-state index is 0.0176. The third-order valence-electron chi connectivity index (χ3n) is 4.64. The monoisotopic (exact) mass is 280 g/mol. The number of hydrogen-bond acceptors (Lipinski definition) is 3. The third kappa shape index (κ3) is 2.08. The molecule has 0 aliphatic carbocycles. The van der Waals surface area contributed by atoms with E-state index in [4.69, 9.17) is 5.26 Å². The van der Waals surface area contributed by atoms with Crippen LogP contribution in [-0.2, 0) is 0 Å². The van der Waals surface area contributed by atoms with Gasteiger partial charge >= 0.3 is 0 Å². The van der Waals surface area contributed by atoms with Gasteiger partial charge in [-0.05, 0) is 37.1 Å². The molecule has 2 aliphatic heterocycles. The molecule has 5 nitrogen and oxygen atoms in total. The molecule has 2 aromatic heterocycles. The van der Waals surface area contributed by atoms with Crippen molar-refractivity contribution in [2.24, 2.45) is 5.92 Å². The minimum Gasteiger partial charge on any atom is -0.348 e. The summed E-state index contributed by atoms with van der Waals surface area (Å²) in [6.07, 6.45) is 4.78. The average Bonchev–Trinajstić information content (AvgIpc) is 3.20. The number of piperidine rings is 1. The van der Waals surface area contributed by atoms with Crippen molar-refractivity contribution >= 4 is 11.4 Å². The van der Waals surface area contributed by atoms with Crippen LogP contribution in [0.5, 0.6) is 0 Å². The Bertz CT molecular complexity index is 757. The highest BCUT2D eigenvalue weighted by Gasteiger charge is 2.38. The second-order valence-corrected chi connectivity index (χ2v) is 5.98. The van der Waals surface area contributed by atoms with Gasteiger partial charge in [0.1, 0.15) is 6.07 Å². The van der Waals surface area contributed by atoms with Gasteiger partial charge in [-0.1, -0.05) is 0 Å². The Balaban J connectivity index is 1.55. The molecule has 2 aliphatic rings. The number of carbonyl (C=O) groups is 1. The first kappa shape index (κ1) is 12.4. The van der Waals surface area contributed by atoms with E-state index in [1.54, 1.807) is 18.3 Å². The minimum atomic E-state index is -0.0176. The van der Waals surface area contributed by atoms with Crippen LogP contribution in [0.15, 0.2) is 30.6 Å². The van der Waals surface area contributed by atoms with Gasteiger partial charge in [-0.3, -0.25) is 4.79 Å². The number of nitrogens with one attached hydrogen (secondary N) is 1. The molecular formula is C16H16N4O. The molecule has 21 heavy (non-hydrogen) atoms. The fraction of sp³-hybridized carbons (Fsp3) is 0.375. The molecule has 2 fully saturated rings. The first-order chi connectivity index (χ1) is 10.2. The van der Waals surface area contributed by atoms with Crippen LogP contribution >= 0.6 is 0 Å². The lowest BCUT2D eigenvalue weighted by Gasteiger charge is -2.23. The number of rotatable bonds is 2. The largest absolute Gasteiger partial charge is 0.348 e. The number of carbonyl (C=O) groups excluding carboxylic acids is 1. The molecule has 0 aromatic carbocycles. The third-order valence-corrected chi connectivity index (χ3v) is 4.64. The van der Waals surface area contributed by atoms with Gasteiger partial charge in [0.2, 0.25) is 0 Å². The molecule has 2 bridgehead atoms. The summed E-state index contributed by atoms with van der Waals surface area (Å²) in [4.78, 5) is 14.8. The van der Waals surface area contributed by atoms with E-state index < -0.39 is 0 Å². The lowest BCUT2D eigenvalue weighted by molar-refractivity contribution is 0.0924. The van der Waals surface area contributed by atoms with Crippen molar-refractivity contribution in [3.05, 3.63) is 41.7 Å². The molecule has 0 radical (unpaired) electrons. The van der Waals surface area contributed by atoms with Crippen LogP contribution in [0.3, 0.4) is 0 Å². The maximum Gasteiger partial charge on any atom is 0.251 e. The number of nitriles is 1. The lowest BCUT2D eigenvalue weighted by atomic mass is 10.00. The van der Waals surface area contributed by atoms with E-state index in [1.165, 1.54) is 13.0 Å². The highest BCUT2D eigenvalue weighted by molar-refractivity contribution is 5.95. The molecule has 0 spiro atoms. The van der Waals surface area contributed by atoms with Crippen LogP contribution in [-0.4, -0.2) is 40.9 Å². The highest BCUT2D eigenvalue weighted by atomic mass is 16.1. The quantitative estimate of drug-likeness (QED) is 0.900. The van der Waals surface area contributed by atoms with Crippen molar-refractivity contribution < 1.29 is 4.79 Å². The second-order valence-electron chi connectivity index (χ2n) is 5.98. The van der Waals surface area contributed by atoms with E-state index >= 15 is 0 Å². The standard InChI is InChI=1S/C16H16N4O/c17-7-11-5-14-6-12(2-4-20(14)8-11)16(21)18-15-10-19-3-1-13(15)9-19/h2,4-6,8,13,15H,1,3,9-10H2,(H,18,21)/t13-,15?/m0/s1. The predicted octanol–water partition coefficient (Wildman–Crippen LogP) is 1.24. The fourth-order valence-electron chi connectivity index (χ4n) is 3.51. The summed E-state index contributed by atoms with van der Waals surface area (Å²) in [6.45, 7) is 3.26. The van der Waals surface area contributed by atoms with E-state index in [2.05, 4.69) is 16.3 Å². The number of hydrogen-bond donors (Lipinski definition) is 1. The molecule has 4 heterocycles. The zero-order chi connectivity index (χ0) is 14.4. The van der Waals surface area contributed by atoms with Gasteiger partial charge in [-0.15, -0.1) is 0 Å². The Labute approximate surface area is 122 Å². The van der Waals surface area contributed by atoms with E-state index in [0.717, 1.165) is 18.6 Å². The van der Waals surface area contributed by atoms with E-state index in [-0.39, 0.29) is 11.9 Å². The van der Waals surface area contributed by atoms with Crippen molar-refractivity contribution in [3.63, 3.8) is 0 Å². The molecule has 2 saturated heterocycles. The summed E-state index contributed by atoms with van der Waals surface area (Å²) < 4.78 is 1.86. The number of fused-ring (bicyclic) bond motifs is 3. The molecule has 2 unspecified atom stereocenters. The summed E-state index contributed by atoms with van der Waals surface area (Å²) in [6, 6.07) is 7.83. The molecule has 0 saturated carbocycles. The molecule has 1 amide bonds. The van der Waals surface area contributed by atoms with Crippen LogP contribution in [0.25, 0.3) is 5.52 Å². The Morgan fingerprint density at radius 1 is 1.38 bits per heavy atom. The number of nitrogens with zero attached hydrogens (tertiary/aromatic N) is 3. The SMILES string of the molecule is N#Cc1cc2cc(C(=O)NC3CN4CC[C@H]3C4)ccn2c1. The predicted molar refractivity (Wildman–Crippen MR) is 77.9 cm³/mol. The molecule has 5 heteroatoms. The Morgan fingerprint density at radius 3 is 3.00 bits per heavy atom. The van der Waals surface area contributed by atoms with Crippen molar-refractivity contribution in [1.82, 2.24) is 14.6 Å². The average molecular weight is 280 g/mol. The van der Waals surface area contributed by atoms with Gasteiger partial charge in [-0.25, -0.2) is 0 Å². The normalized spacial score (nSPS) is 26.9. The summed E-state index contributed by atoms with van der Waals surface area (Å²) in [5.41, 5.74) is 2.13. The topological polar surface area (TPSA) is 60.5 Å². The summed E-state index contributed by atoms with van der Waals surface area (Å²) in [5.74, 6) is 0.590. The zero-order valence-electron chi connectivity index (χ0n) is 11.6. The van der Waals surface area contributed by atoms with E-state index in [9.17, 15) is 4.79 Å². The van der Waals surface area contributed by atoms with Crippen molar-refractivity contribution in [2.45, 2.75) is 12.5 Å². The molecule has 1 N–H and O–H groups in total. The smallest absolute Gasteiger partial charge is 0.251 e. The molecule has 2 aromatic rings. The van der Waals surface area contributed by atoms with Gasteiger partial charge in [0, 0.05) is 42.6 Å².